The zero-order valence-electron chi connectivity index (χ0n) is 16.3. The van der Waals surface area contributed by atoms with Crippen LogP contribution in [0.1, 0.15) is 23.2 Å². The maximum Gasteiger partial charge on any atom is 0.253 e. The number of anilines is 1. The Morgan fingerprint density at radius 3 is 2.07 bits per heavy atom. The minimum atomic E-state index is -3.58. The molecule has 2 aliphatic rings. The fourth-order valence-electron chi connectivity index (χ4n) is 3.77. The second-order valence-corrected chi connectivity index (χ2v) is 10.2. The Morgan fingerprint density at radius 2 is 1.50 bits per heavy atom. The van der Waals surface area contributed by atoms with Crippen molar-refractivity contribution in [3.05, 3.63) is 58.6 Å². The van der Waals surface area contributed by atoms with Crippen molar-refractivity contribution in [2.75, 3.05) is 37.6 Å². The summed E-state index contributed by atoms with van der Waals surface area (Å²) in [5.74, 6) is -0.0211. The van der Waals surface area contributed by atoms with Gasteiger partial charge in [0.15, 0.2) is 0 Å². The first kappa shape index (κ1) is 21.0. The Kier molecular flexibility index (Phi) is 5.95. The molecule has 2 heterocycles. The number of rotatable bonds is 4. The summed E-state index contributed by atoms with van der Waals surface area (Å²) in [6.45, 7) is 1.89. The van der Waals surface area contributed by atoms with Crippen molar-refractivity contribution in [3.8, 4) is 0 Å². The van der Waals surface area contributed by atoms with Crippen LogP contribution in [0.3, 0.4) is 0 Å². The maximum absolute atomic E-state index is 12.8. The Bertz CT molecular complexity index is 1050. The standard InChI is InChI=1S/C21H22BrN3O4S/c22-17-5-9-19(10-6-17)30(28,29)24-14-12-23(13-15-24)21(27)16-3-7-18(8-4-16)25-11-1-2-20(25)26/h3-10H,1-2,11-15H2. The van der Waals surface area contributed by atoms with E-state index in [-0.39, 0.29) is 29.8 Å². The summed E-state index contributed by atoms with van der Waals surface area (Å²) in [6.07, 6.45) is 1.42. The molecule has 30 heavy (non-hydrogen) atoms. The number of carbonyl (C=O) groups is 2. The summed E-state index contributed by atoms with van der Waals surface area (Å²) in [5.41, 5.74) is 1.34. The predicted octanol–water partition coefficient (Wildman–Crippen LogP) is 2.72. The Labute approximate surface area is 184 Å². The third kappa shape index (κ3) is 4.14. The molecule has 0 unspecified atom stereocenters. The molecular formula is C21H22BrN3O4S. The highest BCUT2D eigenvalue weighted by Crippen LogP contribution is 2.23. The van der Waals surface area contributed by atoms with Crippen molar-refractivity contribution < 1.29 is 18.0 Å². The molecule has 0 bridgehead atoms. The molecule has 0 radical (unpaired) electrons. The quantitative estimate of drug-likeness (QED) is 0.658. The van der Waals surface area contributed by atoms with Crippen molar-refractivity contribution >= 4 is 43.5 Å². The average molecular weight is 492 g/mol. The number of amides is 2. The van der Waals surface area contributed by atoms with Crippen LogP contribution in [0, 0.1) is 0 Å². The highest BCUT2D eigenvalue weighted by atomic mass is 79.9. The monoisotopic (exact) mass is 491 g/mol. The van der Waals surface area contributed by atoms with Gasteiger partial charge in [0.25, 0.3) is 5.91 Å². The number of carbonyl (C=O) groups excluding carboxylic acids is 2. The van der Waals surface area contributed by atoms with Crippen LogP contribution in [0.2, 0.25) is 0 Å². The van der Waals surface area contributed by atoms with E-state index < -0.39 is 10.0 Å². The van der Waals surface area contributed by atoms with Crippen LogP contribution in [-0.2, 0) is 14.8 Å². The molecule has 2 aromatic rings. The summed E-state index contributed by atoms with van der Waals surface area (Å²) in [4.78, 5) is 28.4. The van der Waals surface area contributed by atoms with E-state index in [4.69, 9.17) is 0 Å². The topological polar surface area (TPSA) is 78.0 Å². The first-order valence-corrected chi connectivity index (χ1v) is 12.0. The number of benzene rings is 2. The van der Waals surface area contributed by atoms with Gasteiger partial charge >= 0.3 is 0 Å². The van der Waals surface area contributed by atoms with Gasteiger partial charge < -0.3 is 9.80 Å². The highest BCUT2D eigenvalue weighted by molar-refractivity contribution is 9.10. The molecule has 158 valence electrons. The fraction of sp³-hybridized carbons (Fsp3) is 0.333. The molecule has 0 aromatic heterocycles. The smallest absolute Gasteiger partial charge is 0.253 e. The molecule has 0 atom stereocenters. The van der Waals surface area contributed by atoms with Gasteiger partial charge in [-0.25, -0.2) is 8.42 Å². The van der Waals surface area contributed by atoms with Crippen LogP contribution in [0.5, 0.6) is 0 Å². The molecule has 4 rings (SSSR count). The van der Waals surface area contributed by atoms with Crippen LogP contribution >= 0.6 is 15.9 Å². The van der Waals surface area contributed by atoms with Crippen LogP contribution in [0.4, 0.5) is 5.69 Å². The lowest BCUT2D eigenvalue weighted by Gasteiger charge is -2.34. The van der Waals surface area contributed by atoms with Gasteiger partial charge in [0.05, 0.1) is 4.90 Å². The molecule has 2 amide bonds. The first-order valence-electron chi connectivity index (χ1n) is 9.82. The number of halogens is 1. The van der Waals surface area contributed by atoms with Crippen molar-refractivity contribution in [2.45, 2.75) is 17.7 Å². The molecule has 9 heteroatoms. The molecule has 2 aliphatic heterocycles. The van der Waals surface area contributed by atoms with Crippen LogP contribution < -0.4 is 4.90 Å². The Hall–Kier alpha value is -2.23. The van der Waals surface area contributed by atoms with Gasteiger partial charge in [0, 0.05) is 54.9 Å². The lowest BCUT2D eigenvalue weighted by Crippen LogP contribution is -2.50. The largest absolute Gasteiger partial charge is 0.336 e. The maximum atomic E-state index is 12.8. The number of sulfonamides is 1. The zero-order chi connectivity index (χ0) is 21.3. The van der Waals surface area contributed by atoms with Gasteiger partial charge in [-0.2, -0.15) is 4.31 Å². The van der Waals surface area contributed by atoms with Crippen molar-refractivity contribution in [1.82, 2.24) is 9.21 Å². The van der Waals surface area contributed by atoms with E-state index in [1.54, 1.807) is 58.3 Å². The first-order chi connectivity index (χ1) is 14.4. The second kappa shape index (κ2) is 8.49. The van der Waals surface area contributed by atoms with Gasteiger partial charge in [-0.05, 0) is 55.0 Å². The Morgan fingerprint density at radius 1 is 0.867 bits per heavy atom. The van der Waals surface area contributed by atoms with E-state index >= 15 is 0 Å². The van der Waals surface area contributed by atoms with Crippen molar-refractivity contribution in [1.29, 1.82) is 0 Å². The van der Waals surface area contributed by atoms with E-state index in [2.05, 4.69) is 15.9 Å². The van der Waals surface area contributed by atoms with Gasteiger partial charge in [0.2, 0.25) is 15.9 Å². The predicted molar refractivity (Wildman–Crippen MR) is 117 cm³/mol. The van der Waals surface area contributed by atoms with Crippen molar-refractivity contribution in [3.63, 3.8) is 0 Å². The second-order valence-electron chi connectivity index (χ2n) is 7.35. The van der Waals surface area contributed by atoms with Crippen LogP contribution in [0.25, 0.3) is 0 Å². The lowest BCUT2D eigenvalue weighted by atomic mass is 10.1. The van der Waals surface area contributed by atoms with Crippen molar-refractivity contribution in [2.24, 2.45) is 0 Å². The average Bonchev–Trinajstić information content (AvgIpc) is 3.19. The van der Waals surface area contributed by atoms with Gasteiger partial charge in [0.1, 0.15) is 0 Å². The third-order valence-corrected chi connectivity index (χ3v) is 7.92. The Balaban J connectivity index is 1.39. The minimum Gasteiger partial charge on any atom is -0.336 e. The number of hydrogen-bond donors (Lipinski definition) is 0. The van der Waals surface area contributed by atoms with E-state index in [0.29, 0.717) is 31.6 Å². The molecule has 2 fully saturated rings. The number of nitrogens with zero attached hydrogens (tertiary/aromatic N) is 3. The van der Waals surface area contributed by atoms with E-state index in [9.17, 15) is 18.0 Å². The highest BCUT2D eigenvalue weighted by Gasteiger charge is 2.30. The fourth-order valence-corrected chi connectivity index (χ4v) is 5.46. The SMILES string of the molecule is O=C(c1ccc(N2CCCC2=O)cc1)N1CCN(S(=O)(=O)c2ccc(Br)cc2)CC1. The van der Waals surface area contributed by atoms with Crippen LogP contribution in [0.15, 0.2) is 57.9 Å². The molecule has 0 saturated carbocycles. The van der Waals surface area contributed by atoms with Crippen LogP contribution in [-0.4, -0.2) is 62.2 Å². The molecule has 7 nitrogen and oxygen atoms in total. The third-order valence-electron chi connectivity index (χ3n) is 5.48. The summed E-state index contributed by atoms with van der Waals surface area (Å²) >= 11 is 3.31. The molecular weight excluding hydrogens is 470 g/mol. The molecule has 2 aromatic carbocycles. The molecule has 0 spiro atoms. The summed E-state index contributed by atoms with van der Waals surface area (Å²) in [6, 6.07) is 13.6. The number of piperazine rings is 1. The van der Waals surface area contributed by atoms with E-state index in [1.165, 1.54) is 4.31 Å². The van der Waals surface area contributed by atoms with Gasteiger partial charge in [-0.15, -0.1) is 0 Å². The lowest BCUT2D eigenvalue weighted by molar-refractivity contribution is -0.117. The van der Waals surface area contributed by atoms with Gasteiger partial charge in [-0.1, -0.05) is 15.9 Å². The summed E-state index contributed by atoms with van der Waals surface area (Å²) in [5, 5.41) is 0. The summed E-state index contributed by atoms with van der Waals surface area (Å²) < 4.78 is 27.9. The van der Waals surface area contributed by atoms with Gasteiger partial charge in [-0.3, -0.25) is 9.59 Å². The molecule has 0 aliphatic carbocycles. The number of hydrogen-bond acceptors (Lipinski definition) is 4. The molecule has 0 N–H and O–H groups in total. The van der Waals surface area contributed by atoms with E-state index in [0.717, 1.165) is 16.6 Å². The zero-order valence-corrected chi connectivity index (χ0v) is 18.7. The summed E-state index contributed by atoms with van der Waals surface area (Å²) in [7, 11) is -3.58. The normalized spacial score (nSPS) is 18.1. The van der Waals surface area contributed by atoms with E-state index in [1.807, 2.05) is 0 Å². The molecule has 2 saturated heterocycles. The minimum absolute atomic E-state index is 0.109.